The summed E-state index contributed by atoms with van der Waals surface area (Å²) >= 11 is 0. The van der Waals surface area contributed by atoms with Gasteiger partial charge >= 0.3 is 6.18 Å². The molecule has 0 aromatic carbocycles. The average Bonchev–Trinajstić information content (AvgIpc) is 2.37. The lowest BCUT2D eigenvalue weighted by atomic mass is 9.78. The summed E-state index contributed by atoms with van der Waals surface area (Å²) in [6.45, 7) is 3.43. The molecule has 0 aliphatic heterocycles. The van der Waals surface area contributed by atoms with Crippen LogP contribution in [0.2, 0.25) is 0 Å². The van der Waals surface area contributed by atoms with E-state index in [0.29, 0.717) is 12.8 Å². The van der Waals surface area contributed by atoms with Crippen LogP contribution in [-0.4, -0.2) is 41.8 Å². The van der Waals surface area contributed by atoms with Crippen LogP contribution in [0.15, 0.2) is 12.7 Å². The molecule has 1 saturated carbocycles. The van der Waals surface area contributed by atoms with Gasteiger partial charge in [-0.1, -0.05) is 18.9 Å². The summed E-state index contributed by atoms with van der Waals surface area (Å²) in [5, 5.41) is 8.89. The minimum atomic E-state index is -4.33. The Labute approximate surface area is 111 Å². The van der Waals surface area contributed by atoms with E-state index in [-0.39, 0.29) is 32.5 Å². The molecule has 19 heavy (non-hydrogen) atoms. The van der Waals surface area contributed by atoms with Crippen LogP contribution in [0.1, 0.15) is 25.7 Å². The van der Waals surface area contributed by atoms with Crippen molar-refractivity contribution in [2.24, 2.45) is 11.8 Å². The Bertz CT molecular complexity index is 318. The molecule has 1 fully saturated rings. The first kappa shape index (κ1) is 16.0. The third kappa shape index (κ3) is 4.23. The van der Waals surface area contributed by atoms with E-state index in [1.165, 1.54) is 11.0 Å². The van der Waals surface area contributed by atoms with Gasteiger partial charge in [0.1, 0.15) is 0 Å². The molecule has 0 radical (unpaired) electrons. The van der Waals surface area contributed by atoms with E-state index in [2.05, 4.69) is 6.58 Å². The van der Waals surface area contributed by atoms with E-state index in [4.69, 9.17) is 5.11 Å². The van der Waals surface area contributed by atoms with E-state index >= 15 is 0 Å². The number of nitrogens with zero attached hydrogens (tertiary/aromatic N) is 1. The fourth-order valence-corrected chi connectivity index (χ4v) is 2.62. The second-order valence-corrected chi connectivity index (χ2v) is 4.84. The Kier molecular flexibility index (Phi) is 5.85. The zero-order valence-electron chi connectivity index (χ0n) is 10.8. The quantitative estimate of drug-likeness (QED) is 0.785. The molecule has 1 N–H and O–H groups in total. The van der Waals surface area contributed by atoms with E-state index < -0.39 is 23.9 Å². The van der Waals surface area contributed by atoms with Gasteiger partial charge in [0, 0.05) is 19.0 Å². The number of amides is 1. The lowest BCUT2D eigenvalue weighted by Crippen LogP contribution is -2.45. The number of aliphatic hydroxyl groups is 1. The molecule has 2 atom stereocenters. The zero-order chi connectivity index (χ0) is 14.5. The Morgan fingerprint density at radius 2 is 2.00 bits per heavy atom. The van der Waals surface area contributed by atoms with Gasteiger partial charge in [0.05, 0.1) is 12.5 Å². The van der Waals surface area contributed by atoms with Crippen molar-refractivity contribution in [3.63, 3.8) is 0 Å². The van der Waals surface area contributed by atoms with Crippen LogP contribution in [0.3, 0.4) is 0 Å². The molecular formula is C13H20F3NO2. The Balaban J connectivity index is 2.83. The van der Waals surface area contributed by atoms with E-state index in [0.717, 1.165) is 0 Å². The predicted molar refractivity (Wildman–Crippen MR) is 65.4 cm³/mol. The first-order valence-corrected chi connectivity index (χ1v) is 6.49. The molecule has 1 rings (SSSR count). The van der Waals surface area contributed by atoms with Crippen molar-refractivity contribution in [1.82, 2.24) is 4.90 Å². The summed E-state index contributed by atoms with van der Waals surface area (Å²) in [4.78, 5) is 13.5. The van der Waals surface area contributed by atoms with Gasteiger partial charge in [-0.05, 0) is 12.8 Å². The van der Waals surface area contributed by atoms with E-state index in [9.17, 15) is 18.0 Å². The van der Waals surface area contributed by atoms with Crippen LogP contribution in [0.4, 0.5) is 13.2 Å². The van der Waals surface area contributed by atoms with Gasteiger partial charge in [0.25, 0.3) is 0 Å². The number of hydrogen-bond donors (Lipinski definition) is 1. The number of hydrogen-bond acceptors (Lipinski definition) is 2. The fourth-order valence-electron chi connectivity index (χ4n) is 2.62. The van der Waals surface area contributed by atoms with Crippen molar-refractivity contribution in [2.75, 3.05) is 19.7 Å². The van der Waals surface area contributed by atoms with Gasteiger partial charge < -0.3 is 10.0 Å². The van der Waals surface area contributed by atoms with Crippen molar-refractivity contribution >= 4 is 5.91 Å². The van der Waals surface area contributed by atoms with Crippen molar-refractivity contribution < 1.29 is 23.1 Å². The molecule has 3 nitrogen and oxygen atoms in total. The summed E-state index contributed by atoms with van der Waals surface area (Å²) < 4.78 is 38.8. The summed E-state index contributed by atoms with van der Waals surface area (Å²) in [6, 6.07) is 0. The molecule has 2 unspecified atom stereocenters. The SMILES string of the molecule is C=CCN(CCO)C(=O)C1CCCCC1C(F)(F)F. The Hall–Kier alpha value is -1.04. The lowest BCUT2D eigenvalue weighted by Gasteiger charge is -2.35. The smallest absolute Gasteiger partial charge is 0.392 e. The summed E-state index contributed by atoms with van der Waals surface area (Å²) in [6.07, 6.45) is -1.44. The molecule has 1 aliphatic rings. The number of halogens is 3. The number of aliphatic hydroxyl groups excluding tert-OH is 1. The Morgan fingerprint density at radius 1 is 1.37 bits per heavy atom. The van der Waals surface area contributed by atoms with Crippen molar-refractivity contribution in [3.05, 3.63) is 12.7 Å². The van der Waals surface area contributed by atoms with Gasteiger partial charge in [0.2, 0.25) is 5.91 Å². The molecule has 1 amide bonds. The number of carbonyl (C=O) groups excluding carboxylic acids is 1. The van der Waals surface area contributed by atoms with Crippen LogP contribution in [-0.2, 0) is 4.79 Å². The standard InChI is InChI=1S/C13H20F3NO2/c1-2-7-17(8-9-18)12(19)10-5-3-4-6-11(10)13(14,15)16/h2,10-11,18H,1,3-9H2. The highest BCUT2D eigenvalue weighted by Crippen LogP contribution is 2.42. The molecule has 0 saturated heterocycles. The maximum atomic E-state index is 12.9. The number of carbonyl (C=O) groups is 1. The van der Waals surface area contributed by atoms with E-state index in [1.807, 2.05) is 0 Å². The van der Waals surface area contributed by atoms with Crippen molar-refractivity contribution in [3.8, 4) is 0 Å². The zero-order valence-corrected chi connectivity index (χ0v) is 10.8. The third-order valence-electron chi connectivity index (χ3n) is 3.53. The van der Waals surface area contributed by atoms with Gasteiger partial charge in [0.15, 0.2) is 0 Å². The van der Waals surface area contributed by atoms with E-state index in [1.54, 1.807) is 0 Å². The highest BCUT2D eigenvalue weighted by molar-refractivity contribution is 5.79. The second-order valence-electron chi connectivity index (χ2n) is 4.84. The van der Waals surface area contributed by atoms with Crippen molar-refractivity contribution in [2.45, 2.75) is 31.9 Å². The minimum absolute atomic E-state index is 0.0148. The molecule has 110 valence electrons. The molecule has 0 bridgehead atoms. The van der Waals surface area contributed by atoms with Crippen LogP contribution in [0, 0.1) is 11.8 Å². The molecule has 0 aromatic rings. The second kappa shape index (κ2) is 6.93. The largest absolute Gasteiger partial charge is 0.395 e. The third-order valence-corrected chi connectivity index (χ3v) is 3.53. The minimum Gasteiger partial charge on any atom is -0.395 e. The molecular weight excluding hydrogens is 259 g/mol. The fraction of sp³-hybridized carbons (Fsp3) is 0.769. The predicted octanol–water partition coefficient (Wildman–Crippen LogP) is 2.36. The molecule has 0 aromatic heterocycles. The number of alkyl halides is 3. The maximum Gasteiger partial charge on any atom is 0.392 e. The summed E-state index contributed by atoms with van der Waals surface area (Å²) in [5.74, 6) is -3.09. The summed E-state index contributed by atoms with van der Waals surface area (Å²) in [5.41, 5.74) is 0. The topological polar surface area (TPSA) is 40.5 Å². The Morgan fingerprint density at radius 3 is 2.53 bits per heavy atom. The highest BCUT2D eigenvalue weighted by Gasteiger charge is 2.48. The maximum absolute atomic E-state index is 12.9. The van der Waals surface area contributed by atoms with Gasteiger partial charge in [-0.3, -0.25) is 4.79 Å². The molecule has 0 spiro atoms. The normalized spacial score (nSPS) is 24.0. The van der Waals surface area contributed by atoms with Gasteiger partial charge in [-0.25, -0.2) is 0 Å². The summed E-state index contributed by atoms with van der Waals surface area (Å²) in [7, 11) is 0. The molecule has 0 heterocycles. The molecule has 1 aliphatic carbocycles. The lowest BCUT2D eigenvalue weighted by molar-refractivity contribution is -0.200. The highest BCUT2D eigenvalue weighted by atomic mass is 19.4. The monoisotopic (exact) mass is 279 g/mol. The first-order chi connectivity index (χ1) is 8.91. The van der Waals surface area contributed by atoms with Crippen LogP contribution >= 0.6 is 0 Å². The van der Waals surface area contributed by atoms with Crippen LogP contribution in [0.25, 0.3) is 0 Å². The molecule has 6 heteroatoms. The van der Waals surface area contributed by atoms with Gasteiger partial charge in [-0.2, -0.15) is 13.2 Å². The van der Waals surface area contributed by atoms with Gasteiger partial charge in [-0.15, -0.1) is 6.58 Å². The van der Waals surface area contributed by atoms with Crippen LogP contribution in [0.5, 0.6) is 0 Å². The average molecular weight is 279 g/mol. The first-order valence-electron chi connectivity index (χ1n) is 6.49. The number of rotatable bonds is 5. The van der Waals surface area contributed by atoms with Crippen molar-refractivity contribution in [1.29, 1.82) is 0 Å². The van der Waals surface area contributed by atoms with Crippen LogP contribution < -0.4 is 0 Å².